The van der Waals surface area contributed by atoms with Crippen LogP contribution in [0.1, 0.15) is 155 Å². The van der Waals surface area contributed by atoms with Crippen molar-refractivity contribution in [1.82, 2.24) is 0 Å². The molecule has 0 aromatic rings. The van der Waals surface area contributed by atoms with Gasteiger partial charge in [0.15, 0.2) is 6.10 Å². The van der Waals surface area contributed by atoms with E-state index >= 15 is 0 Å². The smallest absolute Gasteiger partial charge is 0.462 e. The first kappa shape index (κ1) is 50.7. The molecule has 1 unspecified atom stereocenters. The van der Waals surface area contributed by atoms with Gasteiger partial charge in [-0.15, -0.1) is 0 Å². The number of unbranched alkanes of at least 4 members (excludes halogenated alkanes) is 13. The van der Waals surface area contributed by atoms with Crippen molar-refractivity contribution in [2.24, 2.45) is 0 Å². The number of hydrogen-bond acceptors (Lipinski definition) is 9. The van der Waals surface area contributed by atoms with Crippen LogP contribution in [-0.4, -0.2) is 65.7 Å². The highest BCUT2D eigenvalue weighted by Crippen LogP contribution is 2.43. The molecule has 0 heterocycles. The third-order valence-electron chi connectivity index (χ3n) is 8.16. The number of rotatable bonds is 37. The number of phosphoric ester groups is 1. The molecule has 0 amide bonds. The Hall–Kier alpha value is -2.33. The lowest BCUT2D eigenvalue weighted by Crippen LogP contribution is -2.29. The van der Waals surface area contributed by atoms with Crippen molar-refractivity contribution in [1.29, 1.82) is 0 Å². The molecule has 0 aromatic carbocycles. The van der Waals surface area contributed by atoms with Gasteiger partial charge in [0.05, 0.1) is 19.8 Å². The molecular formula is C42H73O10P. The SMILES string of the molecule is CC/C=C\C/C=C\C/C=C\C/C=C\CCCCC(=O)O[C@H](COC(=O)CCCCCCC/C=C\CCCCCCCC)COP(=O)(O)OC[C@@H](O)CO. The Morgan fingerprint density at radius 2 is 1.04 bits per heavy atom. The molecule has 0 radical (unpaired) electrons. The van der Waals surface area contributed by atoms with Gasteiger partial charge in [-0.2, -0.15) is 0 Å². The van der Waals surface area contributed by atoms with E-state index in [1.807, 2.05) is 0 Å². The summed E-state index contributed by atoms with van der Waals surface area (Å²) in [7, 11) is -4.63. The van der Waals surface area contributed by atoms with E-state index in [0.29, 0.717) is 12.8 Å². The summed E-state index contributed by atoms with van der Waals surface area (Å²) in [4.78, 5) is 34.9. The minimum Gasteiger partial charge on any atom is -0.462 e. The normalized spacial score (nSPS) is 14.6. The first-order valence-corrected chi connectivity index (χ1v) is 21.7. The van der Waals surface area contributed by atoms with Crippen LogP contribution in [0.15, 0.2) is 60.8 Å². The van der Waals surface area contributed by atoms with Gasteiger partial charge in [0.1, 0.15) is 12.7 Å². The number of aliphatic hydroxyl groups is 2. The zero-order valence-electron chi connectivity index (χ0n) is 33.0. The number of allylic oxidation sites excluding steroid dienone is 10. The first-order valence-electron chi connectivity index (χ1n) is 20.2. The molecular weight excluding hydrogens is 695 g/mol. The van der Waals surface area contributed by atoms with Gasteiger partial charge < -0.3 is 24.6 Å². The number of hydrogen-bond donors (Lipinski definition) is 3. The van der Waals surface area contributed by atoms with E-state index in [2.05, 4.69) is 79.1 Å². The van der Waals surface area contributed by atoms with E-state index in [1.54, 1.807) is 0 Å². The molecule has 0 fully saturated rings. The van der Waals surface area contributed by atoms with Gasteiger partial charge in [-0.1, -0.05) is 126 Å². The van der Waals surface area contributed by atoms with Crippen LogP contribution in [0.25, 0.3) is 0 Å². The van der Waals surface area contributed by atoms with Gasteiger partial charge in [-0.3, -0.25) is 18.6 Å². The molecule has 53 heavy (non-hydrogen) atoms. The second kappa shape index (κ2) is 38.0. The third-order valence-corrected chi connectivity index (χ3v) is 9.11. The van der Waals surface area contributed by atoms with Crippen LogP contribution in [0.4, 0.5) is 0 Å². The Morgan fingerprint density at radius 1 is 0.585 bits per heavy atom. The highest BCUT2D eigenvalue weighted by Gasteiger charge is 2.27. The van der Waals surface area contributed by atoms with Crippen LogP contribution in [0.5, 0.6) is 0 Å². The van der Waals surface area contributed by atoms with Gasteiger partial charge in [-0.05, 0) is 77.0 Å². The van der Waals surface area contributed by atoms with Crippen molar-refractivity contribution in [3.8, 4) is 0 Å². The topological polar surface area (TPSA) is 149 Å². The average molecular weight is 769 g/mol. The maximum absolute atomic E-state index is 12.6. The van der Waals surface area contributed by atoms with Crippen molar-refractivity contribution < 1.29 is 47.8 Å². The molecule has 0 rings (SSSR count). The van der Waals surface area contributed by atoms with E-state index in [0.717, 1.165) is 77.0 Å². The maximum atomic E-state index is 12.6. The molecule has 0 spiro atoms. The standard InChI is InChI=1S/C42H73O10P/c1-3-5-7-9-11-13-15-17-19-21-23-25-27-29-31-33-41(45)49-37-40(38-51-53(47,48)50-36-39(44)35-43)52-42(46)34-32-30-28-26-24-22-20-18-16-14-12-10-8-6-4-2/h6,8,12,14,17-20,24,26,39-40,43-44H,3-5,7,9-11,13,15-16,21-23,25,27-38H2,1-2H3,(H,47,48)/b8-6-,14-12-,19-17-,20-18-,26-24-/t39-,40+/m0/s1. The summed E-state index contributed by atoms with van der Waals surface area (Å²) in [6.07, 6.45) is 40.5. The summed E-state index contributed by atoms with van der Waals surface area (Å²) in [5.41, 5.74) is 0. The molecule has 0 aromatic heterocycles. The fourth-order valence-corrected chi connectivity index (χ4v) is 5.83. The highest BCUT2D eigenvalue weighted by molar-refractivity contribution is 7.47. The minimum absolute atomic E-state index is 0.128. The Kier molecular flexibility index (Phi) is 36.3. The number of carbonyl (C=O) groups excluding carboxylic acids is 2. The molecule has 3 N–H and O–H groups in total. The van der Waals surface area contributed by atoms with E-state index in [4.69, 9.17) is 19.1 Å². The van der Waals surface area contributed by atoms with E-state index in [9.17, 15) is 24.2 Å². The minimum atomic E-state index is -4.63. The molecule has 0 bridgehead atoms. The Morgan fingerprint density at radius 3 is 1.62 bits per heavy atom. The van der Waals surface area contributed by atoms with E-state index < -0.39 is 51.8 Å². The zero-order valence-corrected chi connectivity index (χ0v) is 33.9. The zero-order chi connectivity index (χ0) is 39.1. The molecule has 10 nitrogen and oxygen atoms in total. The van der Waals surface area contributed by atoms with Gasteiger partial charge in [0, 0.05) is 12.8 Å². The summed E-state index contributed by atoms with van der Waals surface area (Å²) >= 11 is 0. The summed E-state index contributed by atoms with van der Waals surface area (Å²) in [5, 5.41) is 18.3. The van der Waals surface area contributed by atoms with Crippen LogP contribution < -0.4 is 0 Å². The Bertz CT molecular complexity index is 1070. The molecule has 306 valence electrons. The summed E-state index contributed by atoms with van der Waals surface area (Å²) in [5.74, 6) is -0.988. The number of carbonyl (C=O) groups is 2. The lowest BCUT2D eigenvalue weighted by Gasteiger charge is -2.20. The van der Waals surface area contributed by atoms with E-state index in [1.165, 1.54) is 38.5 Å². The number of phosphoric acid groups is 1. The van der Waals surface area contributed by atoms with Gasteiger partial charge in [-0.25, -0.2) is 4.57 Å². The number of esters is 2. The second-order valence-corrected chi connectivity index (χ2v) is 14.7. The highest BCUT2D eigenvalue weighted by atomic mass is 31.2. The van der Waals surface area contributed by atoms with Gasteiger partial charge in [0.2, 0.25) is 0 Å². The monoisotopic (exact) mass is 768 g/mol. The van der Waals surface area contributed by atoms with Crippen molar-refractivity contribution in [3.05, 3.63) is 60.8 Å². The second-order valence-electron chi connectivity index (χ2n) is 13.3. The van der Waals surface area contributed by atoms with Crippen molar-refractivity contribution in [2.45, 2.75) is 167 Å². The fourth-order valence-electron chi connectivity index (χ4n) is 5.04. The van der Waals surface area contributed by atoms with Crippen molar-refractivity contribution in [3.63, 3.8) is 0 Å². The molecule has 0 saturated carbocycles. The molecule has 0 aliphatic rings. The quantitative estimate of drug-likeness (QED) is 0.0241. The Balaban J connectivity index is 4.43. The third kappa shape index (κ3) is 37.8. The number of aliphatic hydroxyl groups excluding tert-OH is 2. The van der Waals surface area contributed by atoms with Crippen LogP contribution >= 0.6 is 7.82 Å². The van der Waals surface area contributed by atoms with Crippen LogP contribution in [-0.2, 0) is 32.7 Å². The Labute approximate surface area is 321 Å². The van der Waals surface area contributed by atoms with Crippen LogP contribution in [0.3, 0.4) is 0 Å². The maximum Gasteiger partial charge on any atom is 0.472 e. The van der Waals surface area contributed by atoms with Crippen LogP contribution in [0, 0.1) is 0 Å². The average Bonchev–Trinajstić information content (AvgIpc) is 3.14. The van der Waals surface area contributed by atoms with Gasteiger partial charge in [0.25, 0.3) is 0 Å². The summed E-state index contributed by atoms with van der Waals surface area (Å²) in [6, 6.07) is 0. The predicted octanol–water partition coefficient (Wildman–Crippen LogP) is 10.3. The molecule has 11 heteroatoms. The lowest BCUT2D eigenvalue weighted by molar-refractivity contribution is -0.161. The molecule has 3 atom stereocenters. The largest absolute Gasteiger partial charge is 0.472 e. The summed E-state index contributed by atoms with van der Waals surface area (Å²) < 4.78 is 32.6. The van der Waals surface area contributed by atoms with Crippen molar-refractivity contribution in [2.75, 3.05) is 26.4 Å². The van der Waals surface area contributed by atoms with Gasteiger partial charge >= 0.3 is 19.8 Å². The molecule has 0 aliphatic carbocycles. The number of ether oxygens (including phenoxy) is 2. The fraction of sp³-hybridized carbons (Fsp3) is 0.714. The van der Waals surface area contributed by atoms with Crippen molar-refractivity contribution >= 4 is 19.8 Å². The van der Waals surface area contributed by atoms with E-state index in [-0.39, 0.29) is 19.4 Å². The summed E-state index contributed by atoms with van der Waals surface area (Å²) in [6.45, 7) is 2.18. The first-order chi connectivity index (χ1) is 25.7. The van der Waals surface area contributed by atoms with Crippen LogP contribution in [0.2, 0.25) is 0 Å². The predicted molar refractivity (Wildman–Crippen MR) is 214 cm³/mol. The molecule has 0 aliphatic heterocycles. The molecule has 0 saturated heterocycles. The lowest BCUT2D eigenvalue weighted by atomic mass is 10.1.